The zero-order valence-electron chi connectivity index (χ0n) is 15.3. The summed E-state index contributed by atoms with van der Waals surface area (Å²) in [5.41, 5.74) is 0.215. The first-order chi connectivity index (χ1) is 13.5. The number of benzene rings is 2. The second-order valence-electron chi connectivity index (χ2n) is 7.08. The van der Waals surface area contributed by atoms with Gasteiger partial charge >= 0.3 is 6.03 Å². The average molecular weight is 380 g/mol. The maximum atomic E-state index is 14.8. The van der Waals surface area contributed by atoms with Crippen molar-refractivity contribution in [1.29, 1.82) is 0 Å². The molecule has 1 heterocycles. The van der Waals surface area contributed by atoms with E-state index in [1.54, 1.807) is 19.2 Å². The maximum absolute atomic E-state index is 14.8. The van der Waals surface area contributed by atoms with Crippen molar-refractivity contribution in [3.63, 3.8) is 0 Å². The van der Waals surface area contributed by atoms with Gasteiger partial charge in [-0.05, 0) is 37.1 Å². The number of anilines is 1. The molecule has 0 N–H and O–H groups in total. The highest BCUT2D eigenvalue weighted by Crippen LogP contribution is 2.38. The largest absolute Gasteiger partial charge is 0.331 e. The molecule has 3 amide bonds. The minimum Gasteiger partial charge on any atom is -0.323 e. The molecule has 1 unspecified atom stereocenters. The van der Waals surface area contributed by atoms with Crippen LogP contribution in [-0.4, -0.2) is 29.9 Å². The van der Waals surface area contributed by atoms with Crippen LogP contribution in [0.4, 0.5) is 19.3 Å². The van der Waals surface area contributed by atoms with Crippen molar-refractivity contribution in [3.8, 4) is 11.8 Å². The molecule has 1 saturated carbocycles. The van der Waals surface area contributed by atoms with Gasteiger partial charge < -0.3 is 4.90 Å². The number of urea groups is 1. The first kappa shape index (κ1) is 18.2. The number of carbonyl (C=O) groups is 2. The normalized spacial score (nSPS) is 21.4. The van der Waals surface area contributed by atoms with Gasteiger partial charge in [0.15, 0.2) is 11.6 Å². The van der Waals surface area contributed by atoms with Gasteiger partial charge in [0.25, 0.3) is 0 Å². The van der Waals surface area contributed by atoms with Crippen molar-refractivity contribution in [1.82, 2.24) is 4.90 Å². The highest BCUT2D eigenvalue weighted by atomic mass is 19.1. The van der Waals surface area contributed by atoms with Crippen molar-refractivity contribution in [2.75, 3.05) is 11.9 Å². The van der Waals surface area contributed by atoms with Gasteiger partial charge in [-0.3, -0.25) is 4.79 Å². The SMILES string of the molecule is CN1C(=O)N(c2c(F)cc(C#Cc3ccccc3)cc2F)C(=O)[C@H]2CCCC21. The molecule has 0 spiro atoms. The van der Waals surface area contributed by atoms with Crippen molar-refractivity contribution in [3.05, 3.63) is 65.2 Å². The van der Waals surface area contributed by atoms with Crippen LogP contribution in [0.1, 0.15) is 30.4 Å². The molecule has 0 radical (unpaired) electrons. The fraction of sp³-hybridized carbons (Fsp3) is 0.273. The van der Waals surface area contributed by atoms with Crippen LogP contribution in [0.2, 0.25) is 0 Å². The van der Waals surface area contributed by atoms with Crippen LogP contribution in [0.25, 0.3) is 0 Å². The highest BCUT2D eigenvalue weighted by molar-refractivity contribution is 6.17. The van der Waals surface area contributed by atoms with Crippen molar-refractivity contribution < 1.29 is 18.4 Å². The van der Waals surface area contributed by atoms with Crippen LogP contribution in [0.5, 0.6) is 0 Å². The number of fused-ring (bicyclic) bond motifs is 1. The number of hydrogen-bond acceptors (Lipinski definition) is 2. The van der Waals surface area contributed by atoms with Crippen molar-refractivity contribution in [2.45, 2.75) is 25.3 Å². The molecule has 6 heteroatoms. The molecule has 0 bridgehead atoms. The Kier molecular flexibility index (Phi) is 4.60. The number of nitrogens with zero attached hydrogens (tertiary/aromatic N) is 2. The molecule has 2 aromatic rings. The van der Waals surface area contributed by atoms with Gasteiger partial charge in [0.2, 0.25) is 5.91 Å². The molecule has 0 aromatic heterocycles. The summed E-state index contributed by atoms with van der Waals surface area (Å²) in [5.74, 6) is 2.62. The Morgan fingerprint density at radius 2 is 1.61 bits per heavy atom. The minimum atomic E-state index is -0.982. The zero-order valence-corrected chi connectivity index (χ0v) is 15.3. The first-order valence-electron chi connectivity index (χ1n) is 9.14. The Hall–Kier alpha value is -3.20. The molecule has 1 aliphatic carbocycles. The van der Waals surface area contributed by atoms with Gasteiger partial charge in [0.05, 0.1) is 5.92 Å². The van der Waals surface area contributed by atoms with E-state index in [-0.39, 0.29) is 11.6 Å². The molecule has 4 rings (SSSR count). The molecule has 1 saturated heterocycles. The van der Waals surface area contributed by atoms with Gasteiger partial charge in [0, 0.05) is 24.2 Å². The molecule has 1 aliphatic heterocycles. The molecule has 2 atom stereocenters. The third-order valence-corrected chi connectivity index (χ3v) is 5.37. The molecule has 28 heavy (non-hydrogen) atoms. The molecule has 142 valence electrons. The Balaban J connectivity index is 1.70. The van der Waals surface area contributed by atoms with Crippen LogP contribution < -0.4 is 4.90 Å². The van der Waals surface area contributed by atoms with E-state index < -0.39 is 35.2 Å². The maximum Gasteiger partial charge on any atom is 0.331 e. The predicted molar refractivity (Wildman–Crippen MR) is 101 cm³/mol. The van der Waals surface area contributed by atoms with E-state index in [1.165, 1.54) is 4.90 Å². The standard InChI is InChI=1S/C22H18F2N2O2/c1-25-19-9-5-8-16(19)21(27)26(22(25)28)20-17(23)12-15(13-18(20)24)11-10-14-6-3-2-4-7-14/h2-4,6-7,12-13,16,19H,5,8-9H2,1H3/t16-,19?/m0/s1. The quantitative estimate of drug-likeness (QED) is 0.704. The van der Waals surface area contributed by atoms with E-state index in [9.17, 15) is 18.4 Å². The average Bonchev–Trinajstić information content (AvgIpc) is 3.18. The molecule has 4 nitrogen and oxygen atoms in total. The van der Waals surface area contributed by atoms with E-state index >= 15 is 0 Å². The van der Waals surface area contributed by atoms with Gasteiger partial charge in [-0.1, -0.05) is 36.5 Å². The number of imide groups is 1. The summed E-state index contributed by atoms with van der Waals surface area (Å²) in [4.78, 5) is 27.5. The Labute approximate surface area is 161 Å². The second-order valence-corrected chi connectivity index (χ2v) is 7.08. The lowest BCUT2D eigenvalue weighted by molar-refractivity contribution is -0.124. The van der Waals surface area contributed by atoms with E-state index in [2.05, 4.69) is 11.8 Å². The van der Waals surface area contributed by atoms with Gasteiger partial charge in [-0.15, -0.1) is 0 Å². The fourth-order valence-corrected chi connectivity index (χ4v) is 3.97. The number of halogens is 2. The van der Waals surface area contributed by atoms with Gasteiger partial charge in [-0.25, -0.2) is 18.5 Å². The van der Waals surface area contributed by atoms with Crippen molar-refractivity contribution in [2.24, 2.45) is 5.92 Å². The number of amides is 3. The van der Waals surface area contributed by atoms with Gasteiger partial charge in [0.1, 0.15) is 5.69 Å². The summed E-state index contributed by atoms with van der Waals surface area (Å²) >= 11 is 0. The number of carbonyl (C=O) groups excluding carboxylic acids is 2. The summed E-state index contributed by atoms with van der Waals surface area (Å²) < 4.78 is 29.5. The van der Waals surface area contributed by atoms with Crippen LogP contribution in [-0.2, 0) is 4.79 Å². The van der Waals surface area contributed by atoms with Crippen LogP contribution >= 0.6 is 0 Å². The van der Waals surface area contributed by atoms with E-state index in [0.717, 1.165) is 25.0 Å². The van der Waals surface area contributed by atoms with Crippen LogP contribution in [0.3, 0.4) is 0 Å². The number of hydrogen-bond donors (Lipinski definition) is 0. The fourth-order valence-electron chi connectivity index (χ4n) is 3.97. The lowest BCUT2D eigenvalue weighted by Crippen LogP contribution is -2.59. The molecular formula is C22H18F2N2O2. The Morgan fingerprint density at radius 3 is 2.29 bits per heavy atom. The van der Waals surface area contributed by atoms with Gasteiger partial charge in [-0.2, -0.15) is 0 Å². The Morgan fingerprint density at radius 1 is 0.964 bits per heavy atom. The van der Waals surface area contributed by atoms with Crippen molar-refractivity contribution >= 4 is 17.6 Å². The lowest BCUT2D eigenvalue weighted by atomic mass is 9.97. The monoisotopic (exact) mass is 380 g/mol. The molecule has 2 fully saturated rings. The van der Waals surface area contributed by atoms with Crippen LogP contribution in [0.15, 0.2) is 42.5 Å². The minimum absolute atomic E-state index is 0.131. The Bertz CT molecular complexity index is 987. The van der Waals surface area contributed by atoms with E-state index in [1.807, 2.05) is 18.2 Å². The lowest BCUT2D eigenvalue weighted by Gasteiger charge is -2.40. The summed E-state index contributed by atoms with van der Waals surface area (Å²) in [5, 5.41) is 0. The van der Waals surface area contributed by atoms with Crippen LogP contribution in [0, 0.1) is 29.4 Å². The summed E-state index contributed by atoms with van der Waals surface area (Å²) in [7, 11) is 1.57. The first-order valence-corrected chi connectivity index (χ1v) is 9.14. The smallest absolute Gasteiger partial charge is 0.323 e. The summed E-state index contributed by atoms with van der Waals surface area (Å²) in [6.45, 7) is 0. The molecular weight excluding hydrogens is 362 g/mol. The summed E-state index contributed by atoms with van der Waals surface area (Å²) in [6.07, 6.45) is 2.15. The molecule has 2 aliphatic rings. The molecule has 2 aromatic carbocycles. The van der Waals surface area contributed by atoms with E-state index in [0.29, 0.717) is 16.9 Å². The third-order valence-electron chi connectivity index (χ3n) is 5.37. The second kappa shape index (κ2) is 7.08. The summed E-state index contributed by atoms with van der Waals surface area (Å²) in [6, 6.07) is 10.2. The number of rotatable bonds is 1. The topological polar surface area (TPSA) is 40.6 Å². The van der Waals surface area contributed by atoms with E-state index in [4.69, 9.17) is 0 Å². The zero-order chi connectivity index (χ0) is 19.8. The highest BCUT2D eigenvalue weighted by Gasteiger charge is 2.48. The third kappa shape index (κ3) is 3.03. The predicted octanol–water partition coefficient (Wildman–Crippen LogP) is 3.93.